The SMILES string of the molecule is C[C@]12CC[C@H](CN(c3nc(OCC4(CN5CCCC(O)(C(F)(F)F)C5)CC4)nc4c(F)c(-c5cc(O)cc6cccc(Cl)c56)c(F)cc34)C1)N2. The van der Waals surface area contributed by atoms with Crippen molar-refractivity contribution in [2.75, 3.05) is 44.2 Å². The van der Waals surface area contributed by atoms with Gasteiger partial charge in [0.2, 0.25) is 0 Å². The number of hydrogen-bond donors (Lipinski definition) is 3. The second-order valence-electron chi connectivity index (χ2n) is 15.1. The van der Waals surface area contributed by atoms with Crippen LogP contribution < -0.4 is 15.0 Å². The molecule has 0 amide bonds. The average Bonchev–Trinajstić information content (AvgIpc) is 3.74. The summed E-state index contributed by atoms with van der Waals surface area (Å²) in [6, 6.07) is 8.96. The Labute approximate surface area is 290 Å². The summed E-state index contributed by atoms with van der Waals surface area (Å²) in [7, 11) is 0. The molecule has 1 aromatic heterocycles. The van der Waals surface area contributed by atoms with E-state index in [2.05, 4.69) is 17.2 Å². The number of aromatic hydroxyl groups is 1. The normalized spacial score (nSPS) is 26.6. The summed E-state index contributed by atoms with van der Waals surface area (Å²) in [6.07, 6.45) is -1.58. The molecule has 8 rings (SSSR count). The standard InChI is InChI=1S/C36H37ClF5N5O3/c1-33-8-6-21(45-33)15-47(16-33)31-24-14-26(38)28(23-13-22(48)12-20-4-2-5-25(37)27(20)23)29(39)30(24)43-32(44-31)50-19-34(9-10-34)17-46-11-3-7-35(49,18-46)36(40,41)42/h2,4-5,12-14,21,45,48-49H,3,6-11,15-19H2,1H3/t21-,33+,35?/m1/s1. The second-order valence-corrected chi connectivity index (χ2v) is 15.5. The van der Waals surface area contributed by atoms with Crippen molar-refractivity contribution in [3.63, 3.8) is 0 Å². The minimum absolute atomic E-state index is 0.0649. The molecule has 3 aliphatic heterocycles. The first-order chi connectivity index (χ1) is 23.6. The number of fused-ring (bicyclic) bond motifs is 4. The number of β-amino-alcohol motifs (C(OH)–C–C–N with tert-alkyl or cyclic N) is 1. The fraction of sp³-hybridized carbons (Fsp3) is 0.500. The molecule has 3 aromatic carbocycles. The van der Waals surface area contributed by atoms with E-state index in [9.17, 15) is 23.4 Å². The van der Waals surface area contributed by atoms with E-state index in [1.54, 1.807) is 23.1 Å². The van der Waals surface area contributed by atoms with Crippen LogP contribution in [0.3, 0.4) is 0 Å². The molecule has 14 heteroatoms. The number of aliphatic hydroxyl groups is 1. The molecule has 4 aromatic rings. The van der Waals surface area contributed by atoms with E-state index in [1.165, 1.54) is 18.2 Å². The van der Waals surface area contributed by atoms with Gasteiger partial charge < -0.3 is 25.2 Å². The molecule has 4 aliphatic rings. The van der Waals surface area contributed by atoms with Crippen LogP contribution in [0.4, 0.5) is 27.8 Å². The van der Waals surface area contributed by atoms with E-state index >= 15 is 8.78 Å². The largest absolute Gasteiger partial charge is 0.508 e. The number of nitrogens with zero attached hydrogens (tertiary/aromatic N) is 4. The number of likely N-dealkylation sites (tertiary alicyclic amines) is 1. The Balaban J connectivity index is 1.18. The van der Waals surface area contributed by atoms with Gasteiger partial charge in [0.1, 0.15) is 22.9 Å². The average molecular weight is 718 g/mol. The lowest BCUT2D eigenvalue weighted by Gasteiger charge is -2.41. The number of phenolic OH excluding ortho intramolecular Hbond substituents is 1. The highest BCUT2D eigenvalue weighted by Gasteiger charge is 2.56. The minimum Gasteiger partial charge on any atom is -0.508 e. The van der Waals surface area contributed by atoms with Gasteiger partial charge in [-0.25, -0.2) is 8.78 Å². The van der Waals surface area contributed by atoms with Crippen molar-refractivity contribution in [1.82, 2.24) is 20.2 Å². The number of rotatable bonds is 7. The lowest BCUT2D eigenvalue weighted by atomic mass is 9.91. The summed E-state index contributed by atoms with van der Waals surface area (Å²) in [4.78, 5) is 12.8. The number of aromatic nitrogens is 2. The first-order valence-electron chi connectivity index (χ1n) is 16.9. The maximum Gasteiger partial charge on any atom is 0.418 e. The summed E-state index contributed by atoms with van der Waals surface area (Å²) in [5, 5.41) is 25.8. The second kappa shape index (κ2) is 11.8. The Hall–Kier alpha value is -3.52. The summed E-state index contributed by atoms with van der Waals surface area (Å²) in [6.45, 7) is 3.47. The fourth-order valence-electron chi connectivity index (χ4n) is 8.29. The third-order valence-corrected chi connectivity index (χ3v) is 11.3. The molecule has 4 fully saturated rings. The van der Waals surface area contributed by atoms with Gasteiger partial charge in [0.15, 0.2) is 11.4 Å². The molecule has 0 spiro atoms. The number of halogens is 6. The van der Waals surface area contributed by atoms with E-state index in [0.717, 1.165) is 12.8 Å². The Kier molecular flexibility index (Phi) is 7.90. The van der Waals surface area contributed by atoms with Gasteiger partial charge in [-0.05, 0) is 81.6 Å². The summed E-state index contributed by atoms with van der Waals surface area (Å²) in [5.41, 5.74) is -3.97. The van der Waals surface area contributed by atoms with Crippen LogP contribution in [0.1, 0.15) is 45.4 Å². The molecule has 3 atom stereocenters. The van der Waals surface area contributed by atoms with Crippen LogP contribution in [0.2, 0.25) is 5.02 Å². The molecule has 1 aliphatic carbocycles. The highest BCUT2D eigenvalue weighted by atomic mass is 35.5. The van der Waals surface area contributed by atoms with Crippen LogP contribution in [0.5, 0.6) is 11.8 Å². The fourth-order valence-corrected chi connectivity index (χ4v) is 8.57. The van der Waals surface area contributed by atoms with Crippen molar-refractivity contribution >= 4 is 39.1 Å². The number of phenols is 1. The van der Waals surface area contributed by atoms with Crippen LogP contribution in [-0.2, 0) is 0 Å². The van der Waals surface area contributed by atoms with Crippen molar-refractivity contribution in [3.8, 4) is 22.9 Å². The highest BCUT2D eigenvalue weighted by molar-refractivity contribution is 6.36. The number of piperidine rings is 1. The third-order valence-electron chi connectivity index (χ3n) is 11.0. The first kappa shape index (κ1) is 33.6. The number of nitrogens with one attached hydrogen (secondary N) is 1. The molecule has 266 valence electrons. The predicted molar refractivity (Wildman–Crippen MR) is 180 cm³/mol. The van der Waals surface area contributed by atoms with Crippen molar-refractivity contribution in [2.24, 2.45) is 5.41 Å². The number of anilines is 1. The Morgan fingerprint density at radius 1 is 1.08 bits per heavy atom. The maximum atomic E-state index is 16.9. The zero-order chi connectivity index (χ0) is 35.2. The smallest absolute Gasteiger partial charge is 0.418 e. The van der Waals surface area contributed by atoms with Gasteiger partial charge >= 0.3 is 12.2 Å². The van der Waals surface area contributed by atoms with E-state index in [-0.39, 0.29) is 64.3 Å². The van der Waals surface area contributed by atoms with Crippen molar-refractivity contribution < 1.29 is 36.9 Å². The zero-order valence-corrected chi connectivity index (χ0v) is 28.1. The Bertz CT molecular complexity index is 2010. The van der Waals surface area contributed by atoms with Crippen LogP contribution in [-0.4, -0.2) is 87.8 Å². The van der Waals surface area contributed by atoms with E-state index < -0.39 is 40.9 Å². The lowest BCUT2D eigenvalue weighted by molar-refractivity contribution is -0.274. The molecule has 0 radical (unpaired) electrons. The van der Waals surface area contributed by atoms with Gasteiger partial charge in [0.05, 0.1) is 12.2 Å². The number of piperazine rings is 1. The number of alkyl halides is 3. The molecule has 2 bridgehead atoms. The molecular formula is C36H37ClF5N5O3. The van der Waals surface area contributed by atoms with E-state index in [1.807, 2.05) is 4.90 Å². The maximum absolute atomic E-state index is 16.9. The van der Waals surface area contributed by atoms with Crippen molar-refractivity contribution in [3.05, 3.63) is 53.1 Å². The number of ether oxygens (including phenoxy) is 1. The Morgan fingerprint density at radius 3 is 2.62 bits per heavy atom. The first-order valence-corrected chi connectivity index (χ1v) is 17.3. The molecule has 3 N–H and O–H groups in total. The quantitative estimate of drug-likeness (QED) is 0.177. The van der Waals surface area contributed by atoms with E-state index in [4.69, 9.17) is 21.3 Å². The molecule has 1 saturated carbocycles. The van der Waals surface area contributed by atoms with Gasteiger partial charge in [0.25, 0.3) is 0 Å². The van der Waals surface area contributed by atoms with Gasteiger partial charge in [-0.2, -0.15) is 23.1 Å². The predicted octanol–water partition coefficient (Wildman–Crippen LogP) is 6.97. The van der Waals surface area contributed by atoms with Crippen LogP contribution >= 0.6 is 11.6 Å². The zero-order valence-electron chi connectivity index (χ0n) is 27.4. The molecule has 50 heavy (non-hydrogen) atoms. The highest BCUT2D eigenvalue weighted by Crippen LogP contribution is 2.49. The molecule has 3 saturated heterocycles. The molecular weight excluding hydrogens is 681 g/mol. The van der Waals surface area contributed by atoms with Gasteiger partial charge in [-0.15, -0.1) is 0 Å². The van der Waals surface area contributed by atoms with Gasteiger partial charge in [-0.1, -0.05) is 23.7 Å². The topological polar surface area (TPSA) is 94.0 Å². The third kappa shape index (κ3) is 5.89. The van der Waals surface area contributed by atoms with Crippen molar-refractivity contribution in [2.45, 2.75) is 68.8 Å². The number of benzene rings is 3. The summed E-state index contributed by atoms with van der Waals surface area (Å²) >= 11 is 6.53. The van der Waals surface area contributed by atoms with Crippen LogP contribution in [0, 0.1) is 17.0 Å². The molecule has 8 nitrogen and oxygen atoms in total. The van der Waals surface area contributed by atoms with Gasteiger partial charge in [0, 0.05) is 64.5 Å². The van der Waals surface area contributed by atoms with E-state index in [0.29, 0.717) is 55.6 Å². The van der Waals surface area contributed by atoms with Crippen LogP contribution in [0.25, 0.3) is 32.8 Å². The monoisotopic (exact) mass is 717 g/mol. The van der Waals surface area contributed by atoms with Gasteiger partial charge in [-0.3, -0.25) is 4.90 Å². The number of hydrogen-bond acceptors (Lipinski definition) is 8. The van der Waals surface area contributed by atoms with Crippen molar-refractivity contribution in [1.29, 1.82) is 0 Å². The molecule has 1 unspecified atom stereocenters. The minimum atomic E-state index is -4.73. The summed E-state index contributed by atoms with van der Waals surface area (Å²) in [5.74, 6) is -1.71. The Morgan fingerprint density at radius 2 is 1.88 bits per heavy atom. The lowest BCUT2D eigenvalue weighted by Crippen LogP contribution is -2.58. The molecule has 4 heterocycles. The van der Waals surface area contributed by atoms with Crippen LogP contribution in [0.15, 0.2) is 36.4 Å². The summed E-state index contributed by atoms with van der Waals surface area (Å²) < 4.78 is 80.2.